The molecule has 11 heteroatoms. The predicted molar refractivity (Wildman–Crippen MR) is 169 cm³/mol. The zero-order valence-electron chi connectivity index (χ0n) is 26.0. The maximum atomic E-state index is 13.1. The number of hydrogen-bond acceptors (Lipinski definition) is 9. The van der Waals surface area contributed by atoms with Crippen molar-refractivity contribution in [2.75, 3.05) is 51.4 Å². The molecule has 2 aromatic carbocycles. The van der Waals surface area contributed by atoms with Crippen molar-refractivity contribution < 1.29 is 28.6 Å². The van der Waals surface area contributed by atoms with Crippen LogP contribution in [0.4, 0.5) is 5.82 Å². The molecule has 1 aromatic heterocycles. The Morgan fingerprint density at radius 3 is 2.76 bits per heavy atom. The van der Waals surface area contributed by atoms with Gasteiger partial charge < -0.3 is 24.0 Å². The summed E-state index contributed by atoms with van der Waals surface area (Å²) in [6.07, 6.45) is 1.99. The highest BCUT2D eigenvalue weighted by Gasteiger charge is 2.40. The van der Waals surface area contributed by atoms with Gasteiger partial charge in [-0.2, -0.15) is 0 Å². The van der Waals surface area contributed by atoms with Crippen LogP contribution in [-0.4, -0.2) is 97.3 Å². The number of carbonyl (C=O) groups is 3. The molecule has 5 aliphatic heterocycles. The number of nitrogens with zero attached hydrogens (tertiary/aromatic N) is 4. The Morgan fingerprint density at radius 1 is 1.00 bits per heavy atom. The summed E-state index contributed by atoms with van der Waals surface area (Å²) in [6.45, 7) is 6.13. The molecule has 3 aromatic rings. The molecule has 11 nitrogen and oxygen atoms in total. The molecule has 46 heavy (non-hydrogen) atoms. The summed E-state index contributed by atoms with van der Waals surface area (Å²) in [5, 5.41) is 3.49. The van der Waals surface area contributed by atoms with Gasteiger partial charge in [0.25, 0.3) is 5.91 Å². The van der Waals surface area contributed by atoms with Crippen molar-refractivity contribution in [1.82, 2.24) is 20.1 Å². The monoisotopic (exact) mass is 625 g/mol. The number of rotatable bonds is 8. The zero-order valence-corrected chi connectivity index (χ0v) is 26.0. The maximum Gasteiger partial charge on any atom is 0.255 e. The fraction of sp³-hybridized carbons (Fsp3) is 0.486. The number of methoxy groups -OCH3 is 1. The van der Waals surface area contributed by atoms with E-state index in [1.807, 2.05) is 12.1 Å². The van der Waals surface area contributed by atoms with E-state index in [9.17, 15) is 14.4 Å². The highest BCUT2D eigenvalue weighted by atomic mass is 16.5. The fourth-order valence-corrected chi connectivity index (χ4v) is 7.93. The fourth-order valence-electron chi connectivity index (χ4n) is 7.93. The number of fused-ring (bicyclic) bond motifs is 3. The molecule has 5 atom stereocenters. The van der Waals surface area contributed by atoms with Crippen LogP contribution in [0.3, 0.4) is 0 Å². The van der Waals surface area contributed by atoms with Gasteiger partial charge in [-0.1, -0.05) is 6.07 Å². The lowest BCUT2D eigenvalue weighted by atomic mass is 10.0. The van der Waals surface area contributed by atoms with E-state index < -0.39 is 11.9 Å². The van der Waals surface area contributed by atoms with Gasteiger partial charge in [-0.15, -0.1) is 0 Å². The van der Waals surface area contributed by atoms with Crippen molar-refractivity contribution in [3.05, 3.63) is 65.2 Å². The van der Waals surface area contributed by atoms with Gasteiger partial charge in [-0.25, -0.2) is 4.98 Å². The molecule has 3 amide bonds. The number of likely N-dealkylation sites (tertiary alicyclic amines) is 1. The highest BCUT2D eigenvalue weighted by Crippen LogP contribution is 2.34. The lowest BCUT2D eigenvalue weighted by Crippen LogP contribution is -2.52. The van der Waals surface area contributed by atoms with Gasteiger partial charge in [0.1, 0.15) is 23.7 Å². The molecule has 0 saturated carbocycles. The number of nitrogens with one attached hydrogen (secondary N) is 1. The van der Waals surface area contributed by atoms with Gasteiger partial charge in [-0.3, -0.25) is 24.6 Å². The second-order valence-electron chi connectivity index (χ2n) is 13.3. The van der Waals surface area contributed by atoms with Crippen LogP contribution in [0.1, 0.15) is 40.7 Å². The smallest absolute Gasteiger partial charge is 0.255 e. The van der Waals surface area contributed by atoms with Crippen LogP contribution in [0.25, 0.3) is 10.9 Å². The number of aromatic nitrogens is 1. The van der Waals surface area contributed by atoms with Crippen LogP contribution in [0, 0.1) is 11.8 Å². The summed E-state index contributed by atoms with van der Waals surface area (Å²) in [5.41, 5.74) is 3.64. The molecule has 0 spiro atoms. The number of ether oxygens (including phenoxy) is 3. The Kier molecular flexibility index (Phi) is 7.62. The number of anilines is 1. The van der Waals surface area contributed by atoms with E-state index in [0.29, 0.717) is 42.9 Å². The molecule has 5 aliphatic rings. The van der Waals surface area contributed by atoms with Gasteiger partial charge in [0, 0.05) is 82.2 Å². The SMILES string of the molecule is COC[C@@H]1CN(Cc2ccc3nc(N4C[C@@H]5CCO[C@@H]5C4)ccc3c2)C[C@H]1Oc1ccc2c(c1)CN([C@H]1CCC(=O)NC1=O)C2=O. The average molecular weight is 626 g/mol. The first-order chi connectivity index (χ1) is 22.4. The second kappa shape index (κ2) is 11.9. The van der Waals surface area contributed by atoms with E-state index in [2.05, 4.69) is 45.4 Å². The molecule has 4 saturated heterocycles. The van der Waals surface area contributed by atoms with Crippen molar-refractivity contribution in [2.45, 2.75) is 50.6 Å². The molecular weight excluding hydrogens is 586 g/mol. The van der Waals surface area contributed by atoms with E-state index in [-0.39, 0.29) is 30.3 Å². The summed E-state index contributed by atoms with van der Waals surface area (Å²) in [5.74, 6) is 1.65. The number of piperidine rings is 1. The zero-order chi connectivity index (χ0) is 31.4. The number of benzene rings is 2. The number of carbonyl (C=O) groups excluding carboxylic acids is 3. The van der Waals surface area contributed by atoms with Crippen LogP contribution in [-0.2, 0) is 32.2 Å². The Bertz CT molecular complexity index is 1690. The van der Waals surface area contributed by atoms with Gasteiger partial charge in [-0.05, 0) is 66.4 Å². The minimum Gasteiger partial charge on any atom is -0.489 e. The number of imide groups is 1. The molecular formula is C35H39N5O6. The van der Waals surface area contributed by atoms with Gasteiger partial charge >= 0.3 is 0 Å². The maximum absolute atomic E-state index is 13.1. The van der Waals surface area contributed by atoms with Crippen molar-refractivity contribution in [3.63, 3.8) is 0 Å². The summed E-state index contributed by atoms with van der Waals surface area (Å²) >= 11 is 0. The van der Waals surface area contributed by atoms with Crippen LogP contribution in [0.5, 0.6) is 5.75 Å². The number of pyridine rings is 1. The van der Waals surface area contributed by atoms with Crippen molar-refractivity contribution in [1.29, 1.82) is 0 Å². The Balaban J connectivity index is 0.922. The second-order valence-corrected chi connectivity index (χ2v) is 13.3. The molecule has 0 radical (unpaired) electrons. The Labute approximate surface area is 267 Å². The first-order valence-electron chi connectivity index (χ1n) is 16.3. The lowest BCUT2D eigenvalue weighted by molar-refractivity contribution is -0.136. The Hall–Kier alpha value is -4.06. The minimum absolute atomic E-state index is 0.0741. The summed E-state index contributed by atoms with van der Waals surface area (Å²) in [6, 6.07) is 15.8. The molecule has 6 heterocycles. The van der Waals surface area contributed by atoms with E-state index in [0.717, 1.165) is 68.0 Å². The third kappa shape index (κ3) is 5.50. The summed E-state index contributed by atoms with van der Waals surface area (Å²) in [4.78, 5) is 48.4. The standard InChI is InChI=1S/C35H39N5O6/c1-44-20-25-15-38(14-21-2-6-28-22(12-21)3-8-32(36-28)39-16-23-10-11-45-30(23)19-39)18-31(25)46-26-4-5-27-24(13-26)17-40(35(27)43)29-7-9-33(41)37-34(29)42/h2-6,8,12-13,23,25,29-31H,7,9-11,14-20H2,1H3,(H,37,41,42)/t23-,25-,29-,30+,31+/m0/s1. The number of amides is 3. The van der Waals surface area contributed by atoms with Crippen molar-refractivity contribution in [3.8, 4) is 5.75 Å². The molecule has 1 N–H and O–H groups in total. The molecule has 0 bridgehead atoms. The van der Waals surface area contributed by atoms with Crippen LogP contribution in [0.2, 0.25) is 0 Å². The topological polar surface area (TPSA) is 114 Å². The largest absolute Gasteiger partial charge is 0.489 e. The molecule has 4 fully saturated rings. The van der Waals surface area contributed by atoms with Crippen LogP contribution < -0.4 is 15.0 Å². The summed E-state index contributed by atoms with van der Waals surface area (Å²) < 4.78 is 18.0. The summed E-state index contributed by atoms with van der Waals surface area (Å²) in [7, 11) is 1.72. The predicted octanol–water partition coefficient (Wildman–Crippen LogP) is 2.75. The van der Waals surface area contributed by atoms with E-state index >= 15 is 0 Å². The van der Waals surface area contributed by atoms with Crippen LogP contribution >= 0.6 is 0 Å². The van der Waals surface area contributed by atoms with Crippen molar-refractivity contribution in [2.24, 2.45) is 11.8 Å². The van der Waals surface area contributed by atoms with Crippen LogP contribution in [0.15, 0.2) is 48.5 Å². The van der Waals surface area contributed by atoms with Gasteiger partial charge in [0.05, 0.1) is 18.2 Å². The highest BCUT2D eigenvalue weighted by molar-refractivity contribution is 6.05. The molecule has 8 rings (SSSR count). The third-order valence-electron chi connectivity index (χ3n) is 10.3. The van der Waals surface area contributed by atoms with E-state index in [1.165, 1.54) is 5.56 Å². The molecule has 0 aliphatic carbocycles. The normalized spacial score (nSPS) is 27.8. The average Bonchev–Trinajstić information content (AvgIpc) is 3.81. The van der Waals surface area contributed by atoms with Crippen molar-refractivity contribution >= 4 is 34.4 Å². The third-order valence-corrected chi connectivity index (χ3v) is 10.3. The lowest BCUT2D eigenvalue weighted by Gasteiger charge is -2.29. The first-order valence-corrected chi connectivity index (χ1v) is 16.3. The van der Waals surface area contributed by atoms with Gasteiger partial charge in [0.15, 0.2) is 0 Å². The van der Waals surface area contributed by atoms with Gasteiger partial charge in [0.2, 0.25) is 11.8 Å². The number of hydrogen-bond donors (Lipinski definition) is 1. The first kappa shape index (κ1) is 29.3. The van der Waals surface area contributed by atoms with E-state index in [1.54, 1.807) is 18.1 Å². The Morgan fingerprint density at radius 2 is 1.91 bits per heavy atom. The quantitative estimate of drug-likeness (QED) is 0.378. The minimum atomic E-state index is -0.635. The van der Waals surface area contributed by atoms with E-state index in [4.69, 9.17) is 19.2 Å². The molecule has 240 valence electrons. The molecule has 0 unspecified atom stereocenters.